The van der Waals surface area contributed by atoms with Crippen molar-refractivity contribution in [1.29, 1.82) is 0 Å². The van der Waals surface area contributed by atoms with Crippen LogP contribution in [0.25, 0.3) is 0 Å². The van der Waals surface area contributed by atoms with Gasteiger partial charge in [0.05, 0.1) is 0 Å². The van der Waals surface area contributed by atoms with E-state index >= 15 is 0 Å². The number of phenolic OH excluding ortho intramolecular Hbond substituents is 1. The van der Waals surface area contributed by atoms with E-state index in [0.717, 1.165) is 41.8 Å². The summed E-state index contributed by atoms with van der Waals surface area (Å²) in [5.74, 6) is 1.16. The molecule has 0 radical (unpaired) electrons. The molecule has 1 saturated heterocycles. The zero-order valence-corrected chi connectivity index (χ0v) is 15.2. The lowest BCUT2D eigenvalue weighted by molar-refractivity contribution is 0.122. The number of aromatic hydroxyl groups is 1. The number of rotatable bonds is 3. The van der Waals surface area contributed by atoms with Crippen LogP contribution in [0.5, 0.6) is 5.75 Å². The van der Waals surface area contributed by atoms with Gasteiger partial charge in [-0.25, -0.2) is 0 Å². The summed E-state index contributed by atoms with van der Waals surface area (Å²) in [6, 6.07) is 2.29. The van der Waals surface area contributed by atoms with Gasteiger partial charge in [-0.15, -0.1) is 0 Å². The second kappa shape index (κ2) is 6.90. The number of nitrogens with one attached hydrogen (secondary N) is 1. The number of aryl methyl sites for hydroxylation is 1. The molecule has 2 fully saturated rings. The molecule has 0 spiro atoms. The van der Waals surface area contributed by atoms with Crippen molar-refractivity contribution in [3.63, 3.8) is 0 Å². The van der Waals surface area contributed by atoms with Crippen LogP contribution in [0.15, 0.2) is 10.5 Å². The lowest BCUT2D eigenvalue weighted by Crippen LogP contribution is -2.46. The van der Waals surface area contributed by atoms with Crippen molar-refractivity contribution >= 4 is 15.9 Å². The van der Waals surface area contributed by atoms with Gasteiger partial charge in [-0.3, -0.25) is 4.90 Å². The summed E-state index contributed by atoms with van der Waals surface area (Å²) in [4.78, 5) is 2.59. The quantitative estimate of drug-likeness (QED) is 0.850. The third-order valence-corrected chi connectivity index (χ3v) is 6.62. The van der Waals surface area contributed by atoms with Crippen molar-refractivity contribution in [2.75, 3.05) is 26.2 Å². The fourth-order valence-corrected chi connectivity index (χ4v) is 4.60. The van der Waals surface area contributed by atoms with Gasteiger partial charge in [0.1, 0.15) is 5.75 Å². The molecule has 1 aromatic rings. The Kier molecular flexibility index (Phi) is 5.10. The predicted molar refractivity (Wildman–Crippen MR) is 94.4 cm³/mol. The van der Waals surface area contributed by atoms with Crippen LogP contribution in [-0.4, -0.2) is 36.2 Å². The Morgan fingerprint density at radius 3 is 2.50 bits per heavy atom. The SMILES string of the molecule is Cc1cc(O)c([C@H](C2CCCC2)N2CCNCC2)c(C)c1Br. The van der Waals surface area contributed by atoms with Gasteiger partial charge < -0.3 is 10.4 Å². The summed E-state index contributed by atoms with van der Waals surface area (Å²) in [6.07, 6.45) is 5.25. The highest BCUT2D eigenvalue weighted by atomic mass is 79.9. The molecule has 1 aliphatic carbocycles. The van der Waals surface area contributed by atoms with Crippen molar-refractivity contribution in [1.82, 2.24) is 10.2 Å². The predicted octanol–water partition coefficient (Wildman–Crippen LogP) is 3.91. The summed E-state index contributed by atoms with van der Waals surface area (Å²) in [7, 11) is 0. The van der Waals surface area contributed by atoms with Crippen molar-refractivity contribution in [3.8, 4) is 5.75 Å². The Morgan fingerprint density at radius 1 is 1.23 bits per heavy atom. The number of hydrogen-bond donors (Lipinski definition) is 2. The van der Waals surface area contributed by atoms with Crippen molar-refractivity contribution < 1.29 is 5.11 Å². The molecular formula is C18H27BrN2O. The molecule has 2 aliphatic rings. The van der Waals surface area contributed by atoms with E-state index in [1.807, 2.05) is 6.07 Å². The Balaban J connectivity index is 2.03. The molecule has 1 atom stereocenters. The highest BCUT2D eigenvalue weighted by Crippen LogP contribution is 2.45. The Bertz CT molecular complexity index is 534. The molecule has 2 N–H and O–H groups in total. The van der Waals surface area contributed by atoms with Gasteiger partial charge in [-0.2, -0.15) is 0 Å². The summed E-state index contributed by atoms with van der Waals surface area (Å²) in [5, 5.41) is 14.1. The second-order valence-electron chi connectivity index (χ2n) is 6.84. The van der Waals surface area contributed by atoms with E-state index in [1.54, 1.807) is 0 Å². The maximum absolute atomic E-state index is 10.7. The lowest BCUT2D eigenvalue weighted by Gasteiger charge is -2.39. The van der Waals surface area contributed by atoms with Crippen LogP contribution in [0.1, 0.15) is 48.4 Å². The van der Waals surface area contributed by atoms with Crippen LogP contribution in [-0.2, 0) is 0 Å². The minimum Gasteiger partial charge on any atom is -0.508 e. The normalized spacial score (nSPS) is 22.1. The zero-order chi connectivity index (χ0) is 15.7. The molecule has 3 nitrogen and oxygen atoms in total. The lowest BCUT2D eigenvalue weighted by atomic mass is 9.86. The van der Waals surface area contributed by atoms with E-state index in [9.17, 15) is 5.11 Å². The molecule has 0 amide bonds. The van der Waals surface area contributed by atoms with E-state index < -0.39 is 0 Å². The van der Waals surface area contributed by atoms with Gasteiger partial charge in [0.2, 0.25) is 0 Å². The Hall–Kier alpha value is -0.580. The number of phenols is 1. The number of nitrogens with zero attached hydrogens (tertiary/aromatic N) is 1. The molecule has 0 aromatic heterocycles. The minimum atomic E-state index is 0.363. The molecule has 4 heteroatoms. The number of benzene rings is 1. The molecule has 0 unspecified atom stereocenters. The van der Waals surface area contributed by atoms with E-state index in [0.29, 0.717) is 17.7 Å². The molecule has 122 valence electrons. The highest BCUT2D eigenvalue weighted by molar-refractivity contribution is 9.10. The molecule has 1 aromatic carbocycles. The van der Waals surface area contributed by atoms with E-state index in [2.05, 4.69) is 40.0 Å². The maximum Gasteiger partial charge on any atom is 0.120 e. The number of hydrogen-bond acceptors (Lipinski definition) is 3. The van der Waals surface area contributed by atoms with Crippen LogP contribution >= 0.6 is 15.9 Å². The molecule has 1 aliphatic heterocycles. The van der Waals surface area contributed by atoms with Gasteiger partial charge in [0.25, 0.3) is 0 Å². The topological polar surface area (TPSA) is 35.5 Å². The van der Waals surface area contributed by atoms with Crippen molar-refractivity contribution in [2.24, 2.45) is 5.92 Å². The van der Waals surface area contributed by atoms with Gasteiger partial charge >= 0.3 is 0 Å². The summed E-state index contributed by atoms with van der Waals surface area (Å²) in [5.41, 5.74) is 3.49. The third-order valence-electron chi connectivity index (χ3n) is 5.40. The fraction of sp³-hybridized carbons (Fsp3) is 0.667. The van der Waals surface area contributed by atoms with Crippen LogP contribution in [0.3, 0.4) is 0 Å². The first-order valence-electron chi connectivity index (χ1n) is 8.53. The van der Waals surface area contributed by atoms with Crippen LogP contribution < -0.4 is 5.32 Å². The summed E-state index contributed by atoms with van der Waals surface area (Å²) in [6.45, 7) is 8.45. The maximum atomic E-state index is 10.7. The van der Waals surface area contributed by atoms with Gasteiger partial charge in [0, 0.05) is 42.3 Å². The molecule has 3 rings (SSSR count). The van der Waals surface area contributed by atoms with Crippen LogP contribution in [0.2, 0.25) is 0 Å². The van der Waals surface area contributed by atoms with Crippen LogP contribution in [0.4, 0.5) is 0 Å². The third kappa shape index (κ3) is 3.06. The number of piperazine rings is 1. The zero-order valence-electron chi connectivity index (χ0n) is 13.7. The first-order valence-corrected chi connectivity index (χ1v) is 9.32. The van der Waals surface area contributed by atoms with E-state index in [4.69, 9.17) is 0 Å². The van der Waals surface area contributed by atoms with E-state index in [-0.39, 0.29) is 0 Å². The minimum absolute atomic E-state index is 0.363. The first-order chi connectivity index (χ1) is 10.6. The van der Waals surface area contributed by atoms with Gasteiger partial charge in [-0.1, -0.05) is 28.8 Å². The average molecular weight is 367 g/mol. The molecular weight excluding hydrogens is 340 g/mol. The smallest absolute Gasteiger partial charge is 0.120 e. The summed E-state index contributed by atoms with van der Waals surface area (Å²) < 4.78 is 1.15. The molecule has 1 heterocycles. The standard InChI is InChI=1S/C18H27BrN2O/c1-12-11-15(22)16(13(2)17(12)19)18(14-5-3-4-6-14)21-9-7-20-8-10-21/h11,14,18,20,22H,3-10H2,1-2H3/t18-/m0/s1. The van der Waals surface area contributed by atoms with Crippen LogP contribution in [0, 0.1) is 19.8 Å². The second-order valence-corrected chi connectivity index (χ2v) is 7.63. The van der Waals surface area contributed by atoms with Gasteiger partial charge in [-0.05, 0) is 49.8 Å². The fourth-order valence-electron chi connectivity index (χ4n) is 4.28. The van der Waals surface area contributed by atoms with Crippen molar-refractivity contribution in [2.45, 2.75) is 45.6 Å². The number of halogens is 1. The monoisotopic (exact) mass is 366 g/mol. The molecule has 0 bridgehead atoms. The first kappa shape index (κ1) is 16.3. The van der Waals surface area contributed by atoms with E-state index in [1.165, 1.54) is 31.2 Å². The Morgan fingerprint density at radius 2 is 1.86 bits per heavy atom. The van der Waals surface area contributed by atoms with Crippen molar-refractivity contribution in [3.05, 3.63) is 27.2 Å². The van der Waals surface area contributed by atoms with Gasteiger partial charge in [0.15, 0.2) is 0 Å². The molecule has 1 saturated carbocycles. The molecule has 22 heavy (non-hydrogen) atoms. The Labute approximate surface area is 142 Å². The highest BCUT2D eigenvalue weighted by Gasteiger charge is 2.34. The largest absolute Gasteiger partial charge is 0.508 e. The summed E-state index contributed by atoms with van der Waals surface area (Å²) >= 11 is 3.72. The average Bonchev–Trinajstić information content (AvgIpc) is 3.04.